The van der Waals surface area contributed by atoms with Crippen LogP contribution < -0.4 is 5.73 Å². The molecule has 0 aliphatic heterocycles. The molecule has 0 aromatic carbocycles. The van der Waals surface area contributed by atoms with E-state index in [1.165, 1.54) is 23.3 Å². The molecule has 0 amide bonds. The first-order valence-corrected chi connectivity index (χ1v) is 6.88. The summed E-state index contributed by atoms with van der Waals surface area (Å²) in [7, 11) is 0. The molecule has 1 nitrogen and oxygen atoms in total. The lowest BCUT2D eigenvalue weighted by molar-refractivity contribution is 0.442. The number of hydrogen-bond donors (Lipinski definition) is 1. The summed E-state index contributed by atoms with van der Waals surface area (Å²) in [5.74, 6) is 0.747. The molecule has 0 fully saturated rings. The van der Waals surface area contributed by atoms with Crippen molar-refractivity contribution in [3.8, 4) is 0 Å². The van der Waals surface area contributed by atoms with E-state index in [-0.39, 0.29) is 6.04 Å². The van der Waals surface area contributed by atoms with E-state index in [4.69, 9.17) is 5.73 Å². The number of hydrogen-bond acceptors (Lipinski definition) is 2. The molecule has 0 spiro atoms. The zero-order valence-electron chi connectivity index (χ0n) is 10.1. The molecule has 0 saturated heterocycles. The highest BCUT2D eigenvalue weighted by atomic mass is 32.1. The summed E-state index contributed by atoms with van der Waals surface area (Å²) in [6.07, 6.45) is 4.79. The Bertz CT molecular complexity index is 280. The first-order chi connectivity index (χ1) is 7.19. The molecule has 2 atom stereocenters. The molecule has 0 saturated carbocycles. The number of nitrogens with two attached hydrogens (primary N) is 1. The van der Waals surface area contributed by atoms with E-state index in [0.29, 0.717) is 0 Å². The monoisotopic (exact) mass is 225 g/mol. The number of aryl methyl sites for hydroxylation is 1. The van der Waals surface area contributed by atoms with Crippen molar-refractivity contribution in [1.29, 1.82) is 0 Å². The lowest BCUT2D eigenvalue weighted by atomic mass is 9.95. The van der Waals surface area contributed by atoms with Crippen molar-refractivity contribution in [2.45, 2.75) is 52.5 Å². The van der Waals surface area contributed by atoms with Gasteiger partial charge in [0.25, 0.3) is 0 Å². The summed E-state index contributed by atoms with van der Waals surface area (Å²) in [6, 6.07) is 2.46. The first kappa shape index (κ1) is 12.7. The minimum absolute atomic E-state index is 0.251. The van der Waals surface area contributed by atoms with Crippen LogP contribution in [0.15, 0.2) is 11.4 Å². The van der Waals surface area contributed by atoms with Crippen LogP contribution in [0.25, 0.3) is 0 Å². The fourth-order valence-corrected chi connectivity index (χ4v) is 3.13. The van der Waals surface area contributed by atoms with Crippen LogP contribution in [0.5, 0.6) is 0 Å². The zero-order chi connectivity index (χ0) is 11.3. The molecule has 0 aliphatic carbocycles. The molecular weight excluding hydrogens is 202 g/mol. The normalized spacial score (nSPS) is 15.2. The standard InChI is InChI=1S/C13H23NS/c1-4-6-10(3)9-12(14)13-11(5-2)7-8-15-13/h7-8,10,12H,4-6,9,14H2,1-3H3. The van der Waals surface area contributed by atoms with Gasteiger partial charge in [0.2, 0.25) is 0 Å². The van der Waals surface area contributed by atoms with Gasteiger partial charge in [-0.3, -0.25) is 0 Å². The minimum Gasteiger partial charge on any atom is -0.323 e. The van der Waals surface area contributed by atoms with Gasteiger partial charge in [-0.25, -0.2) is 0 Å². The van der Waals surface area contributed by atoms with Crippen LogP contribution in [0.4, 0.5) is 0 Å². The van der Waals surface area contributed by atoms with E-state index in [1.807, 2.05) is 11.3 Å². The SMILES string of the molecule is CCCC(C)CC(N)c1sccc1CC. The topological polar surface area (TPSA) is 26.0 Å². The molecule has 1 aromatic rings. The Morgan fingerprint density at radius 1 is 1.40 bits per heavy atom. The van der Waals surface area contributed by atoms with Gasteiger partial charge in [-0.15, -0.1) is 11.3 Å². The summed E-state index contributed by atoms with van der Waals surface area (Å²) in [5.41, 5.74) is 7.70. The third-order valence-corrected chi connectivity index (χ3v) is 4.03. The van der Waals surface area contributed by atoms with Crippen LogP contribution in [0.3, 0.4) is 0 Å². The summed E-state index contributed by atoms with van der Waals surface area (Å²) in [4.78, 5) is 1.40. The molecule has 2 heteroatoms. The van der Waals surface area contributed by atoms with E-state index in [9.17, 15) is 0 Å². The van der Waals surface area contributed by atoms with Crippen molar-refractivity contribution in [1.82, 2.24) is 0 Å². The van der Waals surface area contributed by atoms with Crippen molar-refractivity contribution in [3.05, 3.63) is 21.9 Å². The van der Waals surface area contributed by atoms with Crippen LogP contribution in [0.1, 0.15) is 56.5 Å². The molecule has 0 aliphatic rings. The Morgan fingerprint density at radius 3 is 2.73 bits per heavy atom. The second kappa shape index (κ2) is 6.29. The van der Waals surface area contributed by atoms with Gasteiger partial charge in [0, 0.05) is 10.9 Å². The summed E-state index contributed by atoms with van der Waals surface area (Å²) in [6.45, 7) is 6.75. The average molecular weight is 225 g/mol. The number of rotatable bonds is 6. The van der Waals surface area contributed by atoms with Gasteiger partial charge in [-0.05, 0) is 35.8 Å². The van der Waals surface area contributed by atoms with Gasteiger partial charge in [-0.1, -0.05) is 33.6 Å². The van der Waals surface area contributed by atoms with Crippen LogP contribution in [0.2, 0.25) is 0 Å². The first-order valence-electron chi connectivity index (χ1n) is 6.00. The maximum absolute atomic E-state index is 6.26. The summed E-state index contributed by atoms with van der Waals surface area (Å²) < 4.78 is 0. The Labute approximate surface area is 97.7 Å². The third kappa shape index (κ3) is 3.62. The lowest BCUT2D eigenvalue weighted by Gasteiger charge is -2.16. The predicted octanol–water partition coefficient (Wildman–Crippen LogP) is 4.14. The maximum Gasteiger partial charge on any atom is 0.0395 e. The highest BCUT2D eigenvalue weighted by Crippen LogP contribution is 2.28. The van der Waals surface area contributed by atoms with Crippen LogP contribution in [0, 0.1) is 5.92 Å². The Hall–Kier alpha value is -0.340. The molecule has 86 valence electrons. The van der Waals surface area contributed by atoms with Gasteiger partial charge in [0.1, 0.15) is 0 Å². The molecular formula is C13H23NS. The van der Waals surface area contributed by atoms with Crippen LogP contribution in [-0.2, 0) is 6.42 Å². The molecule has 15 heavy (non-hydrogen) atoms. The van der Waals surface area contributed by atoms with Gasteiger partial charge in [0.15, 0.2) is 0 Å². The van der Waals surface area contributed by atoms with Crippen molar-refractivity contribution in [3.63, 3.8) is 0 Å². The fourth-order valence-electron chi connectivity index (χ4n) is 2.12. The largest absolute Gasteiger partial charge is 0.323 e. The summed E-state index contributed by atoms with van der Waals surface area (Å²) >= 11 is 1.82. The van der Waals surface area contributed by atoms with Crippen molar-refractivity contribution < 1.29 is 0 Å². The van der Waals surface area contributed by atoms with Crippen molar-refractivity contribution >= 4 is 11.3 Å². The van der Waals surface area contributed by atoms with Gasteiger partial charge in [0.05, 0.1) is 0 Å². The zero-order valence-corrected chi connectivity index (χ0v) is 10.9. The molecule has 1 aromatic heterocycles. The molecule has 2 unspecified atom stereocenters. The van der Waals surface area contributed by atoms with Gasteiger partial charge in [-0.2, -0.15) is 0 Å². The Balaban J connectivity index is 2.56. The van der Waals surface area contributed by atoms with Gasteiger partial charge >= 0.3 is 0 Å². The van der Waals surface area contributed by atoms with E-state index in [1.54, 1.807) is 0 Å². The smallest absolute Gasteiger partial charge is 0.0395 e. The van der Waals surface area contributed by atoms with Crippen LogP contribution in [-0.4, -0.2) is 0 Å². The van der Waals surface area contributed by atoms with Gasteiger partial charge < -0.3 is 5.73 Å². The molecule has 0 radical (unpaired) electrons. The Morgan fingerprint density at radius 2 is 2.13 bits per heavy atom. The highest BCUT2D eigenvalue weighted by Gasteiger charge is 2.14. The quantitative estimate of drug-likeness (QED) is 0.773. The minimum atomic E-state index is 0.251. The lowest BCUT2D eigenvalue weighted by Crippen LogP contribution is -2.14. The number of thiophene rings is 1. The molecule has 1 heterocycles. The molecule has 2 N–H and O–H groups in total. The fraction of sp³-hybridized carbons (Fsp3) is 0.692. The third-order valence-electron chi connectivity index (χ3n) is 2.94. The van der Waals surface area contributed by atoms with E-state index in [2.05, 4.69) is 32.2 Å². The van der Waals surface area contributed by atoms with E-state index >= 15 is 0 Å². The second-order valence-electron chi connectivity index (χ2n) is 4.40. The molecule has 0 bridgehead atoms. The predicted molar refractivity (Wildman–Crippen MR) is 69.3 cm³/mol. The van der Waals surface area contributed by atoms with E-state index in [0.717, 1.165) is 18.8 Å². The van der Waals surface area contributed by atoms with Crippen molar-refractivity contribution in [2.24, 2.45) is 11.7 Å². The maximum atomic E-state index is 6.26. The Kier molecular flexibility index (Phi) is 5.34. The highest BCUT2D eigenvalue weighted by molar-refractivity contribution is 7.10. The van der Waals surface area contributed by atoms with Crippen LogP contribution >= 0.6 is 11.3 Å². The van der Waals surface area contributed by atoms with E-state index < -0.39 is 0 Å². The molecule has 1 rings (SSSR count). The van der Waals surface area contributed by atoms with Crippen molar-refractivity contribution in [2.75, 3.05) is 0 Å². The second-order valence-corrected chi connectivity index (χ2v) is 5.35. The average Bonchev–Trinajstić information content (AvgIpc) is 2.65. The summed E-state index contributed by atoms with van der Waals surface area (Å²) in [5, 5.41) is 2.17.